The summed E-state index contributed by atoms with van der Waals surface area (Å²) in [7, 11) is 0. The molecule has 40 valence electrons. The van der Waals surface area contributed by atoms with Gasteiger partial charge in [0.15, 0.2) is 0 Å². The zero-order chi connectivity index (χ0) is 6.28. The molecule has 0 aliphatic carbocycles. The number of thiocarbonyl (C=S) groups is 1. The van der Waals surface area contributed by atoms with Gasteiger partial charge in [-0.2, -0.15) is 0 Å². The molecule has 0 aromatic heterocycles. The maximum atomic E-state index is 8.34. The molecule has 0 saturated carbocycles. The summed E-state index contributed by atoms with van der Waals surface area (Å²) in [5, 5.41) is 0. The van der Waals surface area contributed by atoms with Gasteiger partial charge in [-0.3, -0.25) is 0 Å². The Labute approximate surface area is 80.3 Å². The first-order valence-corrected chi connectivity index (χ1v) is 4.44. The molecular weight excluding hydrogens is 349 g/mol. The van der Waals surface area contributed by atoms with Crippen molar-refractivity contribution in [2.24, 2.45) is 0 Å². The molecule has 0 aliphatic rings. The van der Waals surface area contributed by atoms with Gasteiger partial charge in [-0.15, -0.1) is 0 Å². The molecule has 2 nitrogen and oxygen atoms in total. The van der Waals surface area contributed by atoms with Crippen LogP contribution in [0.15, 0.2) is 0 Å². The average Bonchev–Trinajstić information content (AvgIpc) is 1.73. The number of hydrogen-bond donors (Lipinski definition) is 1. The molecule has 7 heavy (non-hydrogen) atoms. The van der Waals surface area contributed by atoms with E-state index in [-0.39, 0.29) is 0 Å². The van der Waals surface area contributed by atoms with E-state index in [9.17, 15) is 0 Å². The minimum atomic E-state index is 0.300. The van der Waals surface area contributed by atoms with Crippen LogP contribution >= 0.6 is 24.8 Å². The van der Waals surface area contributed by atoms with Gasteiger partial charge in [0.05, 0.1) is 0 Å². The first-order valence-electron chi connectivity index (χ1n) is 1.07. The first-order chi connectivity index (χ1) is 3.27. The van der Waals surface area contributed by atoms with E-state index in [1.165, 1.54) is 0 Å². The van der Waals surface area contributed by atoms with Gasteiger partial charge in [-0.1, -0.05) is 0 Å². The van der Waals surface area contributed by atoms with Gasteiger partial charge >= 0.3 is 81.3 Å². The normalized spacial score (nSPS) is 5.43. The third-order valence-corrected chi connectivity index (χ3v) is 2.03. The van der Waals surface area contributed by atoms with Gasteiger partial charge in [0.2, 0.25) is 0 Å². The summed E-state index contributed by atoms with van der Waals surface area (Å²) in [6.45, 7) is 0. The van der Waals surface area contributed by atoms with Crippen LogP contribution in [0, 0.1) is 0 Å². The van der Waals surface area contributed by atoms with E-state index in [4.69, 9.17) is 3.08 Å². The molecule has 0 aromatic rings. The Morgan fingerprint density at radius 3 is 2.00 bits per heavy atom. The van der Waals surface area contributed by atoms with Crippen LogP contribution in [-0.2, 0) is 6.09 Å². The van der Waals surface area contributed by atoms with Crippen LogP contribution in [0.3, 0.4) is 0 Å². The van der Waals surface area contributed by atoms with Crippen LogP contribution in [0.4, 0.5) is 0 Å². The number of rotatable bonds is 0. The molecule has 6 heteroatoms. The number of thiol groups is 1. The summed E-state index contributed by atoms with van der Waals surface area (Å²) in [6.07, 6.45) is 0. The predicted molar refractivity (Wildman–Crippen MR) is 37.7 cm³/mol. The van der Waals surface area contributed by atoms with E-state index in [1.54, 1.807) is 0 Å². The zero-order valence-electron chi connectivity index (χ0n) is 3.25. The zero-order valence-corrected chi connectivity index (χ0v) is 11.1. The Hall–Kier alpha value is 1.66. The van der Waals surface area contributed by atoms with Gasteiger partial charge in [0.1, 0.15) is 0 Å². The fourth-order valence-corrected chi connectivity index (χ4v) is 0. The molecule has 0 saturated heterocycles. The van der Waals surface area contributed by atoms with Crippen LogP contribution in [-0.4, -0.2) is 50.3 Å². The summed E-state index contributed by atoms with van der Waals surface area (Å²) in [4.78, 5) is 0. The second-order valence-electron chi connectivity index (χ2n) is 0.384. The number of hydrogen-bond acceptors (Lipinski definition) is 3. The van der Waals surface area contributed by atoms with E-state index in [1.807, 2.05) is 0 Å². The minimum absolute atomic E-state index is 0.300. The van der Waals surface area contributed by atoms with Crippen LogP contribution in [0.2, 0.25) is 0 Å². The molecule has 0 aliphatic heterocycles. The third-order valence-electron chi connectivity index (χ3n) is 0.101. The summed E-state index contributed by atoms with van der Waals surface area (Å²) in [5.41, 5.74) is 0. The van der Waals surface area contributed by atoms with Crippen molar-refractivity contribution in [1.29, 1.82) is 0 Å². The van der Waals surface area contributed by atoms with Gasteiger partial charge in [-0.05, 0) is 0 Å². The summed E-state index contributed by atoms with van der Waals surface area (Å²) in [5.74, 6) is 0. The third kappa shape index (κ3) is 18.3. The van der Waals surface area contributed by atoms with Crippen molar-refractivity contribution in [3.05, 3.63) is 0 Å². The second kappa shape index (κ2) is 10.6. The maximum absolute atomic E-state index is 8.34. The molecule has 0 unspecified atom stereocenters. The standard InChI is InChI=1S/CH2OS2.O.Sb.Sn.2H/c2-1(3)4;;;;;/h(H2,2,3,4);;;;;/q;;+1;;;/p-1. The monoisotopic (exact) mass is 352 g/mol. The molecule has 0 N–H and O–H groups in total. The van der Waals surface area contributed by atoms with Crippen molar-refractivity contribution < 1.29 is 6.09 Å². The topological polar surface area (TPSA) is 26.3 Å². The molecule has 2 radical (unpaired) electrons. The molecule has 0 fully saturated rings. The fourth-order valence-electron chi connectivity index (χ4n) is 0. The molecule has 0 heterocycles. The van der Waals surface area contributed by atoms with Crippen molar-refractivity contribution >= 4 is 75.2 Å². The molecule has 0 rings (SSSR count). The molecule has 0 spiro atoms. The Balaban J connectivity index is 0. The van der Waals surface area contributed by atoms with Crippen molar-refractivity contribution in [1.82, 2.24) is 0 Å². The first kappa shape index (κ1) is 11.5. The Morgan fingerprint density at radius 2 is 2.00 bits per heavy atom. The van der Waals surface area contributed by atoms with E-state index >= 15 is 0 Å². The van der Waals surface area contributed by atoms with E-state index in [2.05, 4.69) is 27.9 Å². The van der Waals surface area contributed by atoms with Crippen LogP contribution in [0.1, 0.15) is 0 Å². The predicted octanol–water partition coefficient (Wildman–Crippen LogP) is -0.734. The van der Waals surface area contributed by atoms with E-state index in [0.29, 0.717) is 50.3 Å². The van der Waals surface area contributed by atoms with Crippen LogP contribution in [0.5, 0.6) is 0 Å². The van der Waals surface area contributed by atoms with Crippen molar-refractivity contribution in [3.8, 4) is 0 Å². The van der Waals surface area contributed by atoms with Gasteiger partial charge in [-0.25, -0.2) is 0 Å². The summed E-state index contributed by atoms with van der Waals surface area (Å²) >= 11 is 9.02. The molecular formula is CH3O2S2SbSn. The summed E-state index contributed by atoms with van der Waals surface area (Å²) in [6, 6.07) is 0. The molecule has 0 aromatic carbocycles. The Kier molecular flexibility index (Phi) is 17.3. The van der Waals surface area contributed by atoms with Gasteiger partial charge in [0, 0.05) is 0 Å². The molecule has 0 atom stereocenters. The fraction of sp³-hybridized carbons (Fsp3) is 0. The molecule has 0 amide bonds. The van der Waals surface area contributed by atoms with Gasteiger partial charge in [0.25, 0.3) is 0 Å². The van der Waals surface area contributed by atoms with Crippen molar-refractivity contribution in [3.63, 3.8) is 0 Å². The average molecular weight is 352 g/mol. The quantitative estimate of drug-likeness (QED) is 0.354. The van der Waals surface area contributed by atoms with Crippen molar-refractivity contribution in [2.45, 2.75) is 0 Å². The second-order valence-corrected chi connectivity index (χ2v) is 2.14. The van der Waals surface area contributed by atoms with Crippen molar-refractivity contribution in [2.75, 3.05) is 0 Å². The van der Waals surface area contributed by atoms with E-state index < -0.39 is 0 Å². The Bertz CT molecular complexity index is 59.7. The van der Waals surface area contributed by atoms with Gasteiger partial charge < -0.3 is 0 Å². The summed E-state index contributed by atoms with van der Waals surface area (Å²) < 4.78 is 13.2. The van der Waals surface area contributed by atoms with Crippen LogP contribution < -0.4 is 0 Å². The van der Waals surface area contributed by atoms with E-state index in [0.717, 1.165) is 0 Å². The molecule has 0 bridgehead atoms. The Morgan fingerprint density at radius 1 is 1.86 bits per heavy atom. The SMILES string of the molecule is S=C(S)[O][SbH2].[O]=[Sn]. The van der Waals surface area contributed by atoms with Crippen LogP contribution in [0.25, 0.3) is 0 Å².